The van der Waals surface area contributed by atoms with Crippen molar-refractivity contribution in [2.75, 3.05) is 7.11 Å². The Kier molecular flexibility index (Phi) is 5.25. The van der Waals surface area contributed by atoms with E-state index >= 15 is 0 Å². The van der Waals surface area contributed by atoms with Gasteiger partial charge in [0.1, 0.15) is 0 Å². The summed E-state index contributed by atoms with van der Waals surface area (Å²) in [7, 11) is 1.37. The standard InChI is InChI=1S/C19H15BrClNO3/c1-25-18(23)6-5-11-3-2-4-12(7-11)14-8-13-9-15(20)16(21)10-17(13)22-19(14)24/h2-4,7-10H,5-6H2,1H3,(H,22,24). The molecule has 0 amide bonds. The number of carbonyl (C=O) groups excluding carboxylic acids is 1. The number of hydrogen-bond acceptors (Lipinski definition) is 3. The number of hydrogen-bond donors (Lipinski definition) is 1. The van der Waals surface area contributed by atoms with Gasteiger partial charge in [0.25, 0.3) is 5.56 Å². The quantitative estimate of drug-likeness (QED) is 0.622. The summed E-state index contributed by atoms with van der Waals surface area (Å²) in [5.41, 5.74) is 2.85. The molecule has 0 saturated heterocycles. The maximum atomic E-state index is 12.5. The van der Waals surface area contributed by atoms with E-state index in [1.807, 2.05) is 36.4 Å². The molecule has 0 aliphatic heterocycles. The Bertz CT molecular complexity index is 1010. The number of H-pyrrole nitrogens is 1. The van der Waals surface area contributed by atoms with Crippen molar-refractivity contribution >= 4 is 44.4 Å². The third-order valence-electron chi connectivity index (χ3n) is 3.97. The van der Waals surface area contributed by atoms with Crippen LogP contribution in [0.5, 0.6) is 0 Å². The SMILES string of the molecule is COC(=O)CCc1cccc(-c2cc3cc(Br)c(Cl)cc3[nH]c2=O)c1. The zero-order valence-corrected chi connectivity index (χ0v) is 15.8. The van der Waals surface area contributed by atoms with Gasteiger partial charge in [-0.2, -0.15) is 0 Å². The predicted molar refractivity (Wildman–Crippen MR) is 103 cm³/mol. The van der Waals surface area contributed by atoms with Crippen LogP contribution in [0.25, 0.3) is 22.0 Å². The number of halogens is 2. The number of aromatic amines is 1. The summed E-state index contributed by atoms with van der Waals surface area (Å²) in [6.45, 7) is 0. The van der Waals surface area contributed by atoms with E-state index in [9.17, 15) is 9.59 Å². The third kappa shape index (κ3) is 3.94. The average Bonchev–Trinajstić information content (AvgIpc) is 2.61. The third-order valence-corrected chi connectivity index (χ3v) is 5.17. The van der Waals surface area contributed by atoms with Gasteiger partial charge in [0.2, 0.25) is 0 Å². The number of benzene rings is 2. The van der Waals surface area contributed by atoms with Gasteiger partial charge in [-0.25, -0.2) is 0 Å². The lowest BCUT2D eigenvalue weighted by atomic mass is 10.0. The van der Waals surface area contributed by atoms with E-state index in [1.165, 1.54) is 7.11 Å². The Labute approximate surface area is 157 Å². The number of rotatable bonds is 4. The lowest BCUT2D eigenvalue weighted by Gasteiger charge is -2.07. The normalized spacial score (nSPS) is 10.8. The zero-order chi connectivity index (χ0) is 18.0. The number of ether oxygens (including phenoxy) is 1. The van der Waals surface area contributed by atoms with E-state index in [0.29, 0.717) is 28.9 Å². The van der Waals surface area contributed by atoms with Crippen molar-refractivity contribution < 1.29 is 9.53 Å². The molecule has 128 valence electrons. The van der Waals surface area contributed by atoms with Crippen molar-refractivity contribution in [2.45, 2.75) is 12.8 Å². The first-order valence-corrected chi connectivity index (χ1v) is 8.83. The first-order valence-electron chi connectivity index (χ1n) is 7.66. The number of aryl methyl sites for hydroxylation is 1. The smallest absolute Gasteiger partial charge is 0.305 e. The highest BCUT2D eigenvalue weighted by atomic mass is 79.9. The van der Waals surface area contributed by atoms with Crippen LogP contribution in [0.1, 0.15) is 12.0 Å². The number of aromatic nitrogens is 1. The molecule has 0 bridgehead atoms. The highest BCUT2D eigenvalue weighted by molar-refractivity contribution is 9.10. The number of fused-ring (bicyclic) bond motifs is 1. The molecule has 0 spiro atoms. The van der Waals surface area contributed by atoms with Crippen LogP contribution in [0.3, 0.4) is 0 Å². The van der Waals surface area contributed by atoms with Crippen molar-refractivity contribution in [2.24, 2.45) is 0 Å². The highest BCUT2D eigenvalue weighted by Crippen LogP contribution is 2.28. The molecule has 2 aromatic carbocycles. The van der Waals surface area contributed by atoms with Crippen LogP contribution in [0.2, 0.25) is 5.02 Å². The summed E-state index contributed by atoms with van der Waals surface area (Å²) in [4.78, 5) is 26.6. The van der Waals surface area contributed by atoms with Gasteiger partial charge in [0, 0.05) is 27.4 Å². The molecule has 0 radical (unpaired) electrons. The van der Waals surface area contributed by atoms with Gasteiger partial charge in [0.05, 0.1) is 12.1 Å². The molecule has 1 N–H and O–H groups in total. The van der Waals surface area contributed by atoms with E-state index in [4.69, 9.17) is 11.6 Å². The summed E-state index contributed by atoms with van der Waals surface area (Å²) in [5, 5.41) is 1.42. The summed E-state index contributed by atoms with van der Waals surface area (Å²) in [6.07, 6.45) is 0.868. The van der Waals surface area contributed by atoms with E-state index in [1.54, 1.807) is 6.07 Å². The number of esters is 1. The zero-order valence-electron chi connectivity index (χ0n) is 13.4. The fraction of sp³-hybridized carbons (Fsp3) is 0.158. The van der Waals surface area contributed by atoms with Gasteiger partial charge < -0.3 is 9.72 Å². The van der Waals surface area contributed by atoms with Gasteiger partial charge in [-0.3, -0.25) is 9.59 Å². The van der Waals surface area contributed by atoms with E-state index in [-0.39, 0.29) is 11.5 Å². The van der Waals surface area contributed by atoms with Crippen molar-refractivity contribution in [1.82, 2.24) is 4.98 Å². The molecule has 6 heteroatoms. The van der Waals surface area contributed by atoms with Crippen LogP contribution in [-0.4, -0.2) is 18.1 Å². The maximum absolute atomic E-state index is 12.5. The number of carbonyl (C=O) groups is 1. The largest absolute Gasteiger partial charge is 0.469 e. The molecular weight excluding hydrogens is 406 g/mol. The molecule has 0 aliphatic carbocycles. The van der Waals surface area contributed by atoms with Crippen LogP contribution >= 0.6 is 27.5 Å². The van der Waals surface area contributed by atoms with Crippen molar-refractivity contribution in [3.8, 4) is 11.1 Å². The molecule has 4 nitrogen and oxygen atoms in total. The monoisotopic (exact) mass is 419 g/mol. The molecule has 0 fully saturated rings. The van der Waals surface area contributed by atoms with Crippen LogP contribution in [-0.2, 0) is 16.0 Å². The topological polar surface area (TPSA) is 59.2 Å². The Morgan fingerprint density at radius 3 is 2.80 bits per heavy atom. The second kappa shape index (κ2) is 7.42. The minimum atomic E-state index is -0.254. The van der Waals surface area contributed by atoms with Crippen molar-refractivity contribution in [3.63, 3.8) is 0 Å². The van der Waals surface area contributed by atoms with Crippen molar-refractivity contribution in [3.05, 3.63) is 67.9 Å². The summed E-state index contributed by atoms with van der Waals surface area (Å²) in [6, 6.07) is 13.0. The summed E-state index contributed by atoms with van der Waals surface area (Å²) < 4.78 is 5.44. The van der Waals surface area contributed by atoms with Crippen LogP contribution in [0.4, 0.5) is 0 Å². The first-order chi connectivity index (χ1) is 12.0. The highest BCUT2D eigenvalue weighted by Gasteiger charge is 2.09. The van der Waals surface area contributed by atoms with Gasteiger partial charge in [-0.05, 0) is 51.7 Å². The summed E-state index contributed by atoms with van der Waals surface area (Å²) >= 11 is 9.48. The second-order valence-corrected chi connectivity index (χ2v) is 6.90. The molecule has 0 unspecified atom stereocenters. The average molecular weight is 421 g/mol. The lowest BCUT2D eigenvalue weighted by molar-refractivity contribution is -0.140. The van der Waals surface area contributed by atoms with E-state index in [2.05, 4.69) is 25.7 Å². The molecule has 1 heterocycles. The number of nitrogens with one attached hydrogen (secondary N) is 1. The summed E-state index contributed by atoms with van der Waals surface area (Å²) in [5.74, 6) is -0.254. The van der Waals surface area contributed by atoms with Crippen LogP contribution < -0.4 is 5.56 Å². The molecule has 0 aliphatic rings. The molecule has 25 heavy (non-hydrogen) atoms. The molecule has 3 rings (SSSR count). The molecular formula is C19H15BrClNO3. The molecule has 0 saturated carbocycles. The van der Waals surface area contributed by atoms with Crippen LogP contribution in [0.15, 0.2) is 51.7 Å². The maximum Gasteiger partial charge on any atom is 0.305 e. The Hall–Kier alpha value is -2.11. The minimum absolute atomic E-state index is 0.184. The molecule has 1 aromatic heterocycles. The van der Waals surface area contributed by atoms with Gasteiger partial charge >= 0.3 is 5.97 Å². The van der Waals surface area contributed by atoms with Gasteiger partial charge in [-0.15, -0.1) is 0 Å². The Balaban J connectivity index is 2.01. The van der Waals surface area contributed by atoms with Gasteiger partial charge in [0.15, 0.2) is 0 Å². The fourth-order valence-electron chi connectivity index (χ4n) is 2.66. The minimum Gasteiger partial charge on any atom is -0.469 e. The first kappa shape index (κ1) is 17.7. The Morgan fingerprint density at radius 2 is 2.04 bits per heavy atom. The van der Waals surface area contributed by atoms with Gasteiger partial charge in [-0.1, -0.05) is 35.9 Å². The molecule has 0 atom stereocenters. The van der Waals surface area contributed by atoms with Crippen LogP contribution in [0, 0.1) is 0 Å². The Morgan fingerprint density at radius 1 is 1.24 bits per heavy atom. The van der Waals surface area contributed by atoms with E-state index in [0.717, 1.165) is 21.0 Å². The van der Waals surface area contributed by atoms with E-state index < -0.39 is 0 Å². The predicted octanol–water partition coefficient (Wildman–Crippen LogP) is 4.72. The fourth-order valence-corrected chi connectivity index (χ4v) is 3.18. The lowest BCUT2D eigenvalue weighted by Crippen LogP contribution is -2.09. The second-order valence-electron chi connectivity index (χ2n) is 5.64. The number of methoxy groups -OCH3 is 1. The van der Waals surface area contributed by atoms with Crippen molar-refractivity contribution in [1.29, 1.82) is 0 Å². The number of pyridine rings is 1. The molecule has 3 aromatic rings.